The zero-order valence-corrected chi connectivity index (χ0v) is 12.0. The molecule has 0 saturated carbocycles. The molecule has 6 nitrogen and oxygen atoms in total. The molecular weight excluding hydrogens is 320 g/mol. The molecule has 1 N–H and O–H groups in total. The van der Waals surface area contributed by atoms with Crippen molar-refractivity contribution in [1.29, 1.82) is 0 Å². The van der Waals surface area contributed by atoms with Gasteiger partial charge in [-0.2, -0.15) is 5.10 Å². The third kappa shape index (κ3) is 2.83. The smallest absolute Gasteiger partial charge is 0.178 e. The lowest BCUT2D eigenvalue weighted by Crippen LogP contribution is -2.07. The van der Waals surface area contributed by atoms with Gasteiger partial charge in [0.2, 0.25) is 0 Å². The molecule has 20 heavy (non-hydrogen) atoms. The predicted octanol–water partition coefficient (Wildman–Crippen LogP) is 2.43. The molecule has 0 amide bonds. The van der Waals surface area contributed by atoms with Crippen LogP contribution < -0.4 is 5.32 Å². The van der Waals surface area contributed by atoms with E-state index in [0.717, 1.165) is 15.9 Å². The number of pyridine rings is 2. The van der Waals surface area contributed by atoms with Gasteiger partial charge in [0, 0.05) is 16.9 Å². The maximum atomic E-state index is 4.32. The van der Waals surface area contributed by atoms with Crippen LogP contribution in [-0.2, 0) is 6.54 Å². The monoisotopic (exact) mass is 330 g/mol. The van der Waals surface area contributed by atoms with Crippen LogP contribution >= 0.6 is 15.9 Å². The Balaban J connectivity index is 1.79. The molecular formula is C13H11BrN6. The molecule has 0 fully saturated rings. The fourth-order valence-electron chi connectivity index (χ4n) is 1.73. The van der Waals surface area contributed by atoms with Gasteiger partial charge in [-0.15, -0.1) is 0 Å². The fourth-order valence-corrected chi connectivity index (χ4v) is 1.97. The summed E-state index contributed by atoms with van der Waals surface area (Å²) < 4.78 is 2.59. The van der Waals surface area contributed by atoms with Crippen LogP contribution in [0.25, 0.3) is 5.82 Å². The van der Waals surface area contributed by atoms with E-state index in [1.54, 1.807) is 23.4 Å². The Morgan fingerprint density at radius 2 is 2.15 bits per heavy atom. The van der Waals surface area contributed by atoms with Crippen molar-refractivity contribution in [2.45, 2.75) is 6.54 Å². The number of halogens is 1. The molecule has 3 heterocycles. The minimum Gasteiger partial charge on any atom is -0.376 e. The maximum Gasteiger partial charge on any atom is 0.178 e. The third-order valence-corrected chi connectivity index (χ3v) is 3.14. The summed E-state index contributed by atoms with van der Waals surface area (Å²) in [5, 5.41) is 7.40. The quantitative estimate of drug-likeness (QED) is 0.795. The molecule has 3 aromatic heterocycles. The Hall–Kier alpha value is -2.28. The number of anilines is 1. The normalized spacial score (nSPS) is 10.4. The summed E-state index contributed by atoms with van der Waals surface area (Å²) in [5.74, 6) is 0.710. The Morgan fingerprint density at radius 1 is 1.20 bits per heavy atom. The van der Waals surface area contributed by atoms with Crippen LogP contribution in [0.1, 0.15) is 5.69 Å². The van der Waals surface area contributed by atoms with Crippen LogP contribution in [0.5, 0.6) is 0 Å². The zero-order valence-electron chi connectivity index (χ0n) is 10.4. The van der Waals surface area contributed by atoms with E-state index in [1.165, 1.54) is 6.33 Å². The summed E-state index contributed by atoms with van der Waals surface area (Å²) in [6.07, 6.45) is 6.60. The van der Waals surface area contributed by atoms with Gasteiger partial charge in [0.25, 0.3) is 0 Å². The van der Waals surface area contributed by atoms with E-state index in [-0.39, 0.29) is 0 Å². The molecule has 0 aromatic carbocycles. The highest BCUT2D eigenvalue weighted by Crippen LogP contribution is 2.16. The van der Waals surface area contributed by atoms with E-state index in [2.05, 4.69) is 41.3 Å². The largest absolute Gasteiger partial charge is 0.376 e. The van der Waals surface area contributed by atoms with Gasteiger partial charge in [-0.1, -0.05) is 0 Å². The summed E-state index contributed by atoms with van der Waals surface area (Å²) in [6, 6.07) is 7.74. The lowest BCUT2D eigenvalue weighted by atomic mass is 10.3. The second-order valence-electron chi connectivity index (χ2n) is 4.04. The molecule has 3 aromatic rings. The highest BCUT2D eigenvalue weighted by molar-refractivity contribution is 9.10. The second kappa shape index (κ2) is 5.79. The lowest BCUT2D eigenvalue weighted by molar-refractivity contribution is 0.843. The average molecular weight is 331 g/mol. The van der Waals surface area contributed by atoms with Gasteiger partial charge in [-0.3, -0.25) is 4.98 Å². The topological polar surface area (TPSA) is 68.5 Å². The molecule has 0 aliphatic heterocycles. The number of rotatable bonds is 4. The summed E-state index contributed by atoms with van der Waals surface area (Å²) in [4.78, 5) is 12.6. The van der Waals surface area contributed by atoms with E-state index >= 15 is 0 Å². The van der Waals surface area contributed by atoms with Crippen LogP contribution in [0.2, 0.25) is 0 Å². The van der Waals surface area contributed by atoms with E-state index in [9.17, 15) is 0 Å². The van der Waals surface area contributed by atoms with Crippen LogP contribution in [0, 0.1) is 0 Å². The summed E-state index contributed by atoms with van der Waals surface area (Å²) in [7, 11) is 0. The average Bonchev–Trinajstić information content (AvgIpc) is 3.01. The van der Waals surface area contributed by atoms with E-state index in [1.807, 2.05) is 24.3 Å². The molecule has 3 rings (SSSR count). The zero-order chi connectivity index (χ0) is 13.8. The molecule has 0 spiro atoms. The molecule has 0 radical (unpaired) electrons. The molecule has 100 valence electrons. The first-order valence-electron chi connectivity index (χ1n) is 5.97. The standard InChI is InChI=1S/C13H11BrN6/c14-10-3-4-11(17-6-10)7-18-12-2-1-5-16-13(12)20-9-15-8-19-20/h1-6,8-9,18H,7H2. The molecule has 0 aliphatic rings. The van der Waals surface area contributed by atoms with Crippen LogP contribution in [0.3, 0.4) is 0 Å². The van der Waals surface area contributed by atoms with Gasteiger partial charge < -0.3 is 5.32 Å². The van der Waals surface area contributed by atoms with Gasteiger partial charge in [-0.05, 0) is 40.2 Å². The van der Waals surface area contributed by atoms with Gasteiger partial charge in [0.15, 0.2) is 5.82 Å². The third-order valence-electron chi connectivity index (χ3n) is 2.67. The van der Waals surface area contributed by atoms with Crippen molar-refractivity contribution in [3.05, 3.63) is 59.5 Å². The predicted molar refractivity (Wildman–Crippen MR) is 78.4 cm³/mol. The Morgan fingerprint density at radius 3 is 2.90 bits per heavy atom. The first kappa shape index (κ1) is 12.7. The second-order valence-corrected chi connectivity index (χ2v) is 4.95. The van der Waals surface area contributed by atoms with E-state index in [0.29, 0.717) is 12.4 Å². The SMILES string of the molecule is Brc1ccc(CNc2cccnc2-n2cncn2)nc1. The number of nitrogens with one attached hydrogen (secondary N) is 1. The van der Waals surface area contributed by atoms with Crippen molar-refractivity contribution in [3.63, 3.8) is 0 Å². The van der Waals surface area contributed by atoms with Crippen molar-refractivity contribution in [2.75, 3.05) is 5.32 Å². The molecule has 0 bridgehead atoms. The Bertz CT molecular complexity index is 680. The van der Waals surface area contributed by atoms with Crippen molar-refractivity contribution < 1.29 is 0 Å². The maximum absolute atomic E-state index is 4.32. The van der Waals surface area contributed by atoms with Gasteiger partial charge in [-0.25, -0.2) is 14.6 Å². The van der Waals surface area contributed by atoms with Crippen molar-refractivity contribution >= 4 is 21.6 Å². The summed E-state index contributed by atoms with van der Waals surface area (Å²) >= 11 is 3.37. The molecule has 0 atom stereocenters. The fraction of sp³-hybridized carbons (Fsp3) is 0.0769. The Kier molecular flexibility index (Phi) is 3.69. The lowest BCUT2D eigenvalue weighted by Gasteiger charge is -2.10. The molecule has 7 heteroatoms. The molecule has 0 aliphatic carbocycles. The van der Waals surface area contributed by atoms with Crippen molar-refractivity contribution in [1.82, 2.24) is 24.7 Å². The minimum absolute atomic E-state index is 0.612. The first-order valence-corrected chi connectivity index (χ1v) is 6.76. The van der Waals surface area contributed by atoms with Crippen LogP contribution in [-0.4, -0.2) is 24.7 Å². The minimum atomic E-state index is 0.612. The van der Waals surface area contributed by atoms with Crippen molar-refractivity contribution in [2.24, 2.45) is 0 Å². The van der Waals surface area contributed by atoms with Crippen LogP contribution in [0.4, 0.5) is 5.69 Å². The van der Waals surface area contributed by atoms with E-state index < -0.39 is 0 Å². The number of nitrogens with zero attached hydrogens (tertiary/aromatic N) is 5. The number of hydrogen-bond donors (Lipinski definition) is 1. The van der Waals surface area contributed by atoms with Gasteiger partial charge in [0.05, 0.1) is 17.9 Å². The van der Waals surface area contributed by atoms with Crippen LogP contribution in [0.15, 0.2) is 53.8 Å². The highest BCUT2D eigenvalue weighted by atomic mass is 79.9. The highest BCUT2D eigenvalue weighted by Gasteiger charge is 2.06. The van der Waals surface area contributed by atoms with E-state index in [4.69, 9.17) is 0 Å². The molecule has 0 unspecified atom stereocenters. The number of hydrogen-bond acceptors (Lipinski definition) is 5. The summed E-state index contributed by atoms with van der Waals surface area (Å²) in [5.41, 5.74) is 1.82. The summed E-state index contributed by atoms with van der Waals surface area (Å²) in [6.45, 7) is 0.612. The van der Waals surface area contributed by atoms with Gasteiger partial charge in [0.1, 0.15) is 12.7 Å². The van der Waals surface area contributed by atoms with Crippen molar-refractivity contribution in [3.8, 4) is 5.82 Å². The first-order chi connectivity index (χ1) is 9.83. The molecule has 0 saturated heterocycles. The number of aromatic nitrogens is 5. The van der Waals surface area contributed by atoms with Gasteiger partial charge >= 0.3 is 0 Å². The Labute approximate surface area is 124 Å².